The highest BCUT2D eigenvalue weighted by Gasteiger charge is 2.42. The highest BCUT2D eigenvalue weighted by Crippen LogP contribution is 2.35. The van der Waals surface area contributed by atoms with E-state index in [1.54, 1.807) is 0 Å². The van der Waals surface area contributed by atoms with Gasteiger partial charge in [0, 0.05) is 18.5 Å². The van der Waals surface area contributed by atoms with Crippen LogP contribution in [0.5, 0.6) is 0 Å². The summed E-state index contributed by atoms with van der Waals surface area (Å²) in [5.41, 5.74) is -0.405. The van der Waals surface area contributed by atoms with E-state index in [0.717, 1.165) is 57.9 Å². The van der Waals surface area contributed by atoms with Crippen LogP contribution in [-0.4, -0.2) is 47.3 Å². The third-order valence-corrected chi connectivity index (χ3v) is 6.92. The van der Waals surface area contributed by atoms with E-state index in [-0.39, 0.29) is 35.6 Å². The molecule has 1 heterocycles. The quantitative estimate of drug-likeness (QED) is 0.708. The molecule has 0 aromatic heterocycles. The number of hydrogen-bond donors (Lipinski definition) is 2. The van der Waals surface area contributed by atoms with Gasteiger partial charge in [-0.2, -0.15) is 0 Å². The van der Waals surface area contributed by atoms with E-state index in [2.05, 4.69) is 17.6 Å². The largest absolute Gasteiger partial charge is 0.338 e. The van der Waals surface area contributed by atoms with E-state index in [0.29, 0.717) is 0 Å². The van der Waals surface area contributed by atoms with Crippen LogP contribution in [0, 0.1) is 17.3 Å². The van der Waals surface area contributed by atoms with Gasteiger partial charge in [0.25, 0.3) is 0 Å². The van der Waals surface area contributed by atoms with E-state index < -0.39 is 17.5 Å². The van der Waals surface area contributed by atoms with Crippen LogP contribution in [0.4, 0.5) is 4.79 Å². The molecule has 1 aliphatic heterocycles. The molecule has 6 nitrogen and oxygen atoms in total. The summed E-state index contributed by atoms with van der Waals surface area (Å²) in [4.78, 5) is 40.9. The number of carbonyl (C=O) groups excluding carboxylic acids is 3. The maximum atomic E-state index is 13.2. The minimum Gasteiger partial charge on any atom is -0.338 e. The molecule has 3 amide bonds. The number of nitrogens with zero attached hydrogens (tertiary/aromatic N) is 1. The Bertz CT molecular complexity index is 617. The molecule has 2 N–H and O–H groups in total. The fraction of sp³-hybridized carbons (Fsp3) is 0.870. The summed E-state index contributed by atoms with van der Waals surface area (Å²) in [6, 6.07) is -1.19. The van der Waals surface area contributed by atoms with E-state index in [1.165, 1.54) is 6.42 Å². The number of rotatable bonds is 6. The number of Topliss-reactive ketones (excluding diaryl/α,β-unsaturated/α-hetero) is 1. The highest BCUT2D eigenvalue weighted by atomic mass is 16.2. The number of nitrogens with one attached hydrogen (secondary N) is 2. The fourth-order valence-corrected chi connectivity index (χ4v) is 4.90. The average molecular weight is 406 g/mol. The van der Waals surface area contributed by atoms with Gasteiger partial charge in [0.2, 0.25) is 5.91 Å². The Kier molecular flexibility index (Phi) is 6.90. The molecule has 1 saturated heterocycles. The molecule has 0 aromatic carbocycles. The number of amides is 3. The fourth-order valence-electron chi connectivity index (χ4n) is 4.90. The first-order chi connectivity index (χ1) is 13.7. The summed E-state index contributed by atoms with van der Waals surface area (Å²) < 4.78 is 0. The molecule has 0 bridgehead atoms. The van der Waals surface area contributed by atoms with E-state index >= 15 is 0 Å². The molecule has 0 spiro atoms. The van der Waals surface area contributed by atoms with Gasteiger partial charge in [-0.05, 0) is 56.8 Å². The maximum Gasteiger partial charge on any atom is 0.316 e. The molecule has 2 saturated carbocycles. The third-order valence-electron chi connectivity index (χ3n) is 6.92. The van der Waals surface area contributed by atoms with Crippen molar-refractivity contribution < 1.29 is 14.4 Å². The first-order valence-electron chi connectivity index (χ1n) is 11.6. The Hall–Kier alpha value is -1.59. The SMILES string of the molecule is C[C@@H]1CCCN1C(=O)C(NC(=O)NC(C(=O)C1CC1)C1CCCCC1)C(C)(C)C. The normalized spacial score (nSPS) is 25.4. The van der Waals surface area contributed by atoms with Crippen LogP contribution in [0.25, 0.3) is 0 Å². The molecule has 164 valence electrons. The first-order valence-corrected chi connectivity index (χ1v) is 11.6. The minimum atomic E-state index is -0.605. The molecule has 6 heteroatoms. The van der Waals surface area contributed by atoms with Crippen LogP contribution in [0.2, 0.25) is 0 Å². The average Bonchev–Trinajstić information content (AvgIpc) is 3.44. The van der Waals surface area contributed by atoms with E-state index in [9.17, 15) is 14.4 Å². The van der Waals surface area contributed by atoms with Gasteiger partial charge < -0.3 is 15.5 Å². The highest BCUT2D eigenvalue weighted by molar-refractivity contribution is 5.93. The van der Waals surface area contributed by atoms with Crippen molar-refractivity contribution in [3.8, 4) is 0 Å². The summed E-state index contributed by atoms with van der Waals surface area (Å²) in [6.45, 7) is 8.75. The van der Waals surface area contributed by atoms with Crippen LogP contribution >= 0.6 is 0 Å². The van der Waals surface area contributed by atoms with Crippen molar-refractivity contribution in [3.63, 3.8) is 0 Å². The predicted octanol–water partition coefficient (Wildman–Crippen LogP) is 3.64. The van der Waals surface area contributed by atoms with Crippen LogP contribution in [-0.2, 0) is 9.59 Å². The van der Waals surface area contributed by atoms with Gasteiger partial charge in [0.05, 0.1) is 6.04 Å². The predicted molar refractivity (Wildman–Crippen MR) is 113 cm³/mol. The molecular weight excluding hydrogens is 366 g/mol. The smallest absolute Gasteiger partial charge is 0.316 e. The molecule has 2 unspecified atom stereocenters. The number of ketones is 1. The molecule has 3 rings (SSSR count). The Balaban J connectivity index is 1.68. The lowest BCUT2D eigenvalue weighted by atomic mass is 9.81. The number of hydrogen-bond acceptors (Lipinski definition) is 3. The first kappa shape index (κ1) is 22.1. The lowest BCUT2D eigenvalue weighted by Gasteiger charge is -2.36. The molecule has 3 atom stereocenters. The molecule has 0 aromatic rings. The minimum absolute atomic E-state index is 0.0135. The van der Waals surface area contributed by atoms with Crippen molar-refractivity contribution in [2.45, 2.75) is 104 Å². The number of likely N-dealkylation sites (tertiary alicyclic amines) is 1. The molecular formula is C23H39N3O3. The zero-order chi connectivity index (χ0) is 21.2. The topological polar surface area (TPSA) is 78.5 Å². The Morgan fingerprint density at radius 2 is 1.55 bits per heavy atom. The second kappa shape index (κ2) is 9.05. The van der Waals surface area contributed by atoms with Crippen molar-refractivity contribution >= 4 is 17.7 Å². The van der Waals surface area contributed by atoms with Gasteiger partial charge in [-0.1, -0.05) is 40.0 Å². The summed E-state index contributed by atoms with van der Waals surface area (Å²) in [5, 5.41) is 5.94. The molecule has 3 fully saturated rings. The summed E-state index contributed by atoms with van der Waals surface area (Å²) in [6.07, 6.45) is 9.36. The van der Waals surface area contributed by atoms with Crippen LogP contribution in [0.15, 0.2) is 0 Å². The van der Waals surface area contributed by atoms with Crippen molar-refractivity contribution in [2.24, 2.45) is 17.3 Å². The zero-order valence-electron chi connectivity index (χ0n) is 18.6. The zero-order valence-corrected chi connectivity index (χ0v) is 18.6. The summed E-state index contributed by atoms with van der Waals surface area (Å²) in [5.74, 6) is 0.525. The Labute approximate surface area is 175 Å². The number of urea groups is 1. The molecule has 2 aliphatic carbocycles. The van der Waals surface area contributed by atoms with Crippen molar-refractivity contribution in [3.05, 3.63) is 0 Å². The van der Waals surface area contributed by atoms with Gasteiger partial charge in [0.15, 0.2) is 5.78 Å². The maximum absolute atomic E-state index is 13.2. The second-order valence-corrected chi connectivity index (χ2v) is 10.5. The van der Waals surface area contributed by atoms with Crippen molar-refractivity contribution in [1.29, 1.82) is 0 Å². The third kappa shape index (κ3) is 5.52. The summed E-state index contributed by atoms with van der Waals surface area (Å²) in [7, 11) is 0. The van der Waals surface area contributed by atoms with E-state index in [1.807, 2.05) is 25.7 Å². The van der Waals surface area contributed by atoms with Gasteiger partial charge in [-0.15, -0.1) is 0 Å². The van der Waals surface area contributed by atoms with Crippen LogP contribution < -0.4 is 10.6 Å². The van der Waals surface area contributed by atoms with Gasteiger partial charge in [0.1, 0.15) is 6.04 Å². The van der Waals surface area contributed by atoms with Crippen LogP contribution in [0.1, 0.15) is 85.5 Å². The number of carbonyl (C=O) groups is 3. The van der Waals surface area contributed by atoms with Crippen molar-refractivity contribution in [2.75, 3.05) is 6.54 Å². The van der Waals surface area contributed by atoms with Gasteiger partial charge in [-0.25, -0.2) is 4.79 Å². The van der Waals surface area contributed by atoms with Gasteiger partial charge >= 0.3 is 6.03 Å². The second-order valence-electron chi connectivity index (χ2n) is 10.5. The summed E-state index contributed by atoms with van der Waals surface area (Å²) >= 11 is 0. The Morgan fingerprint density at radius 1 is 0.897 bits per heavy atom. The van der Waals surface area contributed by atoms with Crippen LogP contribution in [0.3, 0.4) is 0 Å². The lowest BCUT2D eigenvalue weighted by molar-refractivity contribution is -0.136. The monoisotopic (exact) mass is 405 g/mol. The lowest BCUT2D eigenvalue weighted by Crippen LogP contribution is -2.59. The van der Waals surface area contributed by atoms with Gasteiger partial charge in [-0.3, -0.25) is 9.59 Å². The molecule has 0 radical (unpaired) electrons. The standard InChI is InChI=1S/C23H39N3O3/c1-15-9-8-14-26(15)21(28)20(23(2,3)4)25-22(29)24-18(19(27)17-12-13-17)16-10-6-5-7-11-16/h15-18,20H,5-14H2,1-4H3,(H2,24,25,29)/t15-,18?,20?/m1/s1. The van der Waals surface area contributed by atoms with E-state index in [4.69, 9.17) is 0 Å². The van der Waals surface area contributed by atoms with Crippen molar-refractivity contribution in [1.82, 2.24) is 15.5 Å². The molecule has 3 aliphatic rings. The molecule has 29 heavy (non-hydrogen) atoms. The Morgan fingerprint density at radius 3 is 2.07 bits per heavy atom.